The summed E-state index contributed by atoms with van der Waals surface area (Å²) >= 11 is 10.5. The Labute approximate surface area is 101 Å². The highest BCUT2D eigenvalue weighted by Gasteiger charge is 2.12. The third-order valence-corrected chi connectivity index (χ3v) is 2.17. The Bertz CT molecular complexity index is 421. The van der Waals surface area contributed by atoms with E-state index >= 15 is 0 Å². The van der Waals surface area contributed by atoms with E-state index in [4.69, 9.17) is 23.2 Å². The van der Waals surface area contributed by atoms with Gasteiger partial charge in [-0.05, 0) is 18.2 Å². The first-order chi connectivity index (χ1) is 7.58. The molecule has 86 valence electrons. The van der Waals surface area contributed by atoms with Gasteiger partial charge in [0.25, 0.3) is 0 Å². The second kappa shape index (κ2) is 5.82. The first-order valence-corrected chi connectivity index (χ1v) is 5.30. The second-order valence-electron chi connectivity index (χ2n) is 2.81. The lowest BCUT2D eigenvalue weighted by molar-refractivity contribution is -0.131. The SMILES string of the molecule is O=C(CCl)Oc1ccc(C(=O)CCl)cc1F. The van der Waals surface area contributed by atoms with Gasteiger partial charge in [0.1, 0.15) is 5.88 Å². The monoisotopic (exact) mass is 264 g/mol. The molecule has 1 aromatic carbocycles. The van der Waals surface area contributed by atoms with Gasteiger partial charge in [0.2, 0.25) is 0 Å². The molecule has 0 heterocycles. The summed E-state index contributed by atoms with van der Waals surface area (Å²) in [6.07, 6.45) is 0. The van der Waals surface area contributed by atoms with Crippen LogP contribution in [-0.4, -0.2) is 23.5 Å². The Morgan fingerprint density at radius 3 is 2.44 bits per heavy atom. The average molecular weight is 265 g/mol. The summed E-state index contributed by atoms with van der Waals surface area (Å²) in [6.45, 7) is 0. The minimum absolute atomic E-state index is 0.123. The zero-order valence-electron chi connectivity index (χ0n) is 8.00. The lowest BCUT2D eigenvalue weighted by Crippen LogP contribution is -2.10. The van der Waals surface area contributed by atoms with Crippen LogP contribution in [0.5, 0.6) is 5.75 Å². The quantitative estimate of drug-likeness (QED) is 0.363. The predicted molar refractivity (Wildman–Crippen MR) is 57.8 cm³/mol. The van der Waals surface area contributed by atoms with Crippen LogP contribution in [0.4, 0.5) is 4.39 Å². The van der Waals surface area contributed by atoms with Crippen LogP contribution in [0.1, 0.15) is 10.4 Å². The van der Waals surface area contributed by atoms with E-state index in [0.717, 1.165) is 6.07 Å². The van der Waals surface area contributed by atoms with Crippen LogP contribution in [0.3, 0.4) is 0 Å². The fourth-order valence-corrected chi connectivity index (χ4v) is 1.19. The summed E-state index contributed by atoms with van der Waals surface area (Å²) in [5.41, 5.74) is 0.123. The van der Waals surface area contributed by atoms with Gasteiger partial charge >= 0.3 is 5.97 Å². The minimum Gasteiger partial charge on any atom is -0.423 e. The molecule has 0 N–H and O–H groups in total. The van der Waals surface area contributed by atoms with Gasteiger partial charge in [-0.15, -0.1) is 23.2 Å². The number of carbonyl (C=O) groups excluding carboxylic acids is 2. The number of alkyl halides is 2. The molecule has 3 nitrogen and oxygen atoms in total. The molecule has 0 atom stereocenters. The summed E-state index contributed by atoms with van der Waals surface area (Å²) in [4.78, 5) is 21.9. The largest absolute Gasteiger partial charge is 0.423 e. The molecular formula is C10H7Cl2FO3. The predicted octanol–water partition coefficient (Wildman–Crippen LogP) is 2.39. The van der Waals surface area contributed by atoms with Crippen molar-refractivity contribution < 1.29 is 18.7 Å². The number of carbonyl (C=O) groups is 2. The minimum atomic E-state index is -0.811. The fourth-order valence-electron chi connectivity index (χ4n) is 0.984. The molecule has 1 aromatic rings. The van der Waals surface area contributed by atoms with Crippen molar-refractivity contribution >= 4 is 35.0 Å². The number of rotatable bonds is 4. The molecule has 0 aliphatic heterocycles. The number of halogens is 3. The average Bonchev–Trinajstić information content (AvgIpc) is 2.30. The van der Waals surface area contributed by atoms with Crippen molar-refractivity contribution in [2.75, 3.05) is 11.8 Å². The Balaban J connectivity index is 2.91. The highest BCUT2D eigenvalue weighted by molar-refractivity contribution is 6.30. The normalized spacial score (nSPS) is 9.94. The third-order valence-electron chi connectivity index (χ3n) is 1.71. The van der Waals surface area contributed by atoms with Gasteiger partial charge in [-0.25, -0.2) is 4.39 Å². The van der Waals surface area contributed by atoms with E-state index in [1.807, 2.05) is 0 Å². The molecule has 0 aliphatic rings. The van der Waals surface area contributed by atoms with Crippen LogP contribution >= 0.6 is 23.2 Å². The lowest BCUT2D eigenvalue weighted by Gasteiger charge is -2.04. The molecule has 0 radical (unpaired) electrons. The maximum atomic E-state index is 13.3. The summed E-state index contributed by atoms with van der Waals surface area (Å²) in [7, 11) is 0. The Kier molecular flexibility index (Phi) is 4.71. The number of hydrogen-bond donors (Lipinski definition) is 0. The van der Waals surface area contributed by atoms with Crippen LogP contribution in [0, 0.1) is 5.82 Å². The Morgan fingerprint density at radius 1 is 1.25 bits per heavy atom. The summed E-state index contributed by atoms with van der Waals surface area (Å²) in [6, 6.07) is 3.46. The van der Waals surface area contributed by atoms with Crippen LogP contribution in [0.25, 0.3) is 0 Å². The number of hydrogen-bond acceptors (Lipinski definition) is 3. The highest BCUT2D eigenvalue weighted by atomic mass is 35.5. The van der Waals surface area contributed by atoms with E-state index in [2.05, 4.69) is 4.74 Å². The van der Waals surface area contributed by atoms with E-state index in [1.54, 1.807) is 0 Å². The highest BCUT2D eigenvalue weighted by Crippen LogP contribution is 2.19. The van der Waals surface area contributed by atoms with Crippen molar-refractivity contribution in [3.05, 3.63) is 29.6 Å². The van der Waals surface area contributed by atoms with Crippen LogP contribution in [0.15, 0.2) is 18.2 Å². The van der Waals surface area contributed by atoms with Crippen LogP contribution in [0.2, 0.25) is 0 Å². The van der Waals surface area contributed by atoms with Gasteiger partial charge in [0.15, 0.2) is 17.3 Å². The Hall–Kier alpha value is -1.13. The van der Waals surface area contributed by atoms with Crippen LogP contribution < -0.4 is 4.74 Å². The van der Waals surface area contributed by atoms with E-state index in [0.29, 0.717) is 0 Å². The smallest absolute Gasteiger partial charge is 0.326 e. The standard InChI is InChI=1S/C10H7Cl2FO3/c11-4-8(14)6-1-2-9(7(13)3-6)16-10(15)5-12/h1-3H,4-5H2. The van der Waals surface area contributed by atoms with Crippen molar-refractivity contribution in [3.8, 4) is 5.75 Å². The summed E-state index contributed by atoms with van der Waals surface area (Å²) in [5, 5.41) is 0. The summed E-state index contributed by atoms with van der Waals surface area (Å²) in [5.74, 6) is -2.86. The molecular weight excluding hydrogens is 258 g/mol. The Morgan fingerprint density at radius 2 is 1.94 bits per heavy atom. The third kappa shape index (κ3) is 3.18. The number of Topliss-reactive ketones (excluding diaryl/α,β-unsaturated/α-hetero) is 1. The number of ether oxygens (including phenoxy) is 1. The first-order valence-electron chi connectivity index (χ1n) is 4.24. The molecule has 0 spiro atoms. The van der Waals surface area contributed by atoms with Crippen molar-refractivity contribution in [1.29, 1.82) is 0 Å². The zero-order valence-corrected chi connectivity index (χ0v) is 9.52. The molecule has 0 bridgehead atoms. The molecule has 0 unspecified atom stereocenters. The topological polar surface area (TPSA) is 43.4 Å². The maximum absolute atomic E-state index is 13.3. The molecule has 0 saturated heterocycles. The van der Waals surface area contributed by atoms with Crippen LogP contribution in [-0.2, 0) is 4.79 Å². The van der Waals surface area contributed by atoms with Gasteiger partial charge in [-0.3, -0.25) is 9.59 Å². The molecule has 0 aromatic heterocycles. The molecule has 0 aliphatic carbocycles. The number of ketones is 1. The van der Waals surface area contributed by atoms with Gasteiger partial charge in [-0.1, -0.05) is 0 Å². The van der Waals surface area contributed by atoms with Gasteiger partial charge in [0, 0.05) is 5.56 Å². The molecule has 1 rings (SSSR count). The van der Waals surface area contributed by atoms with Crippen molar-refractivity contribution in [1.82, 2.24) is 0 Å². The molecule has 6 heteroatoms. The van der Waals surface area contributed by atoms with E-state index in [1.165, 1.54) is 12.1 Å². The number of benzene rings is 1. The lowest BCUT2D eigenvalue weighted by atomic mass is 10.1. The van der Waals surface area contributed by atoms with E-state index in [9.17, 15) is 14.0 Å². The second-order valence-corrected chi connectivity index (χ2v) is 3.34. The van der Waals surface area contributed by atoms with E-state index in [-0.39, 0.29) is 23.1 Å². The van der Waals surface area contributed by atoms with Crippen molar-refractivity contribution in [3.63, 3.8) is 0 Å². The zero-order chi connectivity index (χ0) is 12.1. The van der Waals surface area contributed by atoms with Gasteiger partial charge < -0.3 is 4.74 Å². The van der Waals surface area contributed by atoms with Crippen molar-refractivity contribution in [2.45, 2.75) is 0 Å². The number of esters is 1. The molecule has 0 saturated carbocycles. The molecule has 16 heavy (non-hydrogen) atoms. The van der Waals surface area contributed by atoms with Crippen molar-refractivity contribution in [2.24, 2.45) is 0 Å². The fraction of sp³-hybridized carbons (Fsp3) is 0.200. The molecule has 0 fully saturated rings. The van der Waals surface area contributed by atoms with Gasteiger partial charge in [-0.2, -0.15) is 0 Å². The molecule has 0 amide bonds. The van der Waals surface area contributed by atoms with E-state index < -0.39 is 17.6 Å². The maximum Gasteiger partial charge on any atom is 0.326 e. The first kappa shape index (κ1) is 12.9. The van der Waals surface area contributed by atoms with Gasteiger partial charge in [0.05, 0.1) is 5.88 Å². The summed E-state index contributed by atoms with van der Waals surface area (Å²) < 4.78 is 17.9.